The Kier molecular flexibility index (Phi) is 4.45. The predicted octanol–water partition coefficient (Wildman–Crippen LogP) is 0.873. The monoisotopic (exact) mass is 335 g/mol. The zero-order valence-electron chi connectivity index (χ0n) is 12.5. The summed E-state index contributed by atoms with van der Waals surface area (Å²) in [6, 6.07) is 6.26. The number of esters is 1. The molecule has 122 valence electrons. The third-order valence-corrected chi connectivity index (χ3v) is 5.72. The van der Waals surface area contributed by atoms with Crippen LogP contribution in [0.3, 0.4) is 0 Å². The average molecular weight is 335 g/mol. The molecule has 0 radical (unpaired) electrons. The van der Waals surface area contributed by atoms with Gasteiger partial charge in [-0.3, -0.25) is 4.21 Å². The molecule has 0 spiro atoms. The van der Waals surface area contributed by atoms with E-state index in [-0.39, 0.29) is 34.1 Å². The lowest BCUT2D eigenvalue weighted by atomic mass is 9.98. The SMILES string of the molecule is COC(=O)C1=C(CS(=O)c2ccccc2[NH+]([O-])O)C2C=CC1C2. The number of fused-ring (bicyclic) bond motifs is 2. The molecule has 4 atom stereocenters. The van der Waals surface area contributed by atoms with Gasteiger partial charge in [-0.2, -0.15) is 5.23 Å². The van der Waals surface area contributed by atoms with Crippen LogP contribution >= 0.6 is 0 Å². The number of hydrogen-bond acceptors (Lipinski definition) is 5. The molecule has 0 fully saturated rings. The summed E-state index contributed by atoms with van der Waals surface area (Å²) in [5.41, 5.74) is 1.42. The molecule has 2 bridgehead atoms. The average Bonchev–Trinajstić information content (AvgIpc) is 3.15. The lowest BCUT2D eigenvalue weighted by Crippen LogP contribution is -2.99. The Morgan fingerprint density at radius 1 is 1.39 bits per heavy atom. The van der Waals surface area contributed by atoms with Crippen molar-refractivity contribution in [2.75, 3.05) is 12.9 Å². The van der Waals surface area contributed by atoms with Crippen molar-refractivity contribution in [1.29, 1.82) is 0 Å². The van der Waals surface area contributed by atoms with E-state index >= 15 is 0 Å². The van der Waals surface area contributed by atoms with Gasteiger partial charge in [0.1, 0.15) is 4.90 Å². The van der Waals surface area contributed by atoms with Gasteiger partial charge in [-0.1, -0.05) is 24.3 Å². The zero-order chi connectivity index (χ0) is 16.6. The number of allylic oxidation sites excluding steroid dienone is 2. The molecule has 2 N–H and O–H groups in total. The van der Waals surface area contributed by atoms with Crippen molar-refractivity contribution in [1.82, 2.24) is 0 Å². The molecular weight excluding hydrogens is 318 g/mol. The van der Waals surface area contributed by atoms with Crippen LogP contribution in [0.15, 0.2) is 52.5 Å². The van der Waals surface area contributed by atoms with Crippen molar-refractivity contribution in [2.45, 2.75) is 11.3 Å². The maximum absolute atomic E-state index is 12.7. The van der Waals surface area contributed by atoms with Gasteiger partial charge in [0.25, 0.3) is 0 Å². The Morgan fingerprint density at radius 3 is 2.78 bits per heavy atom. The van der Waals surface area contributed by atoms with Gasteiger partial charge >= 0.3 is 5.97 Å². The Bertz CT molecular complexity index is 725. The van der Waals surface area contributed by atoms with E-state index in [0.29, 0.717) is 5.57 Å². The first-order valence-corrected chi connectivity index (χ1v) is 8.55. The van der Waals surface area contributed by atoms with Crippen molar-refractivity contribution in [3.8, 4) is 0 Å². The standard InChI is InChI=1S/C16H17NO5S/c1-22-16(18)15-11-7-6-10(8-11)12(15)9-23(21)14-5-3-2-4-13(14)17(19)20/h2-7,10-11,17,19H,8-9H2,1H3. The number of carbonyl (C=O) groups is 1. The summed E-state index contributed by atoms with van der Waals surface area (Å²) in [5.74, 6) is -0.121. The van der Waals surface area contributed by atoms with E-state index in [2.05, 4.69) is 0 Å². The number of methoxy groups -OCH3 is 1. The largest absolute Gasteiger partial charge is 0.595 e. The number of hydrogen-bond donors (Lipinski definition) is 2. The lowest BCUT2D eigenvalue weighted by molar-refractivity contribution is -0.992. The van der Waals surface area contributed by atoms with E-state index in [0.717, 1.165) is 12.0 Å². The predicted molar refractivity (Wildman–Crippen MR) is 83.3 cm³/mol. The number of carbonyl (C=O) groups excluding carboxylic acids is 1. The quantitative estimate of drug-likeness (QED) is 0.473. The van der Waals surface area contributed by atoms with E-state index in [1.807, 2.05) is 12.2 Å². The van der Waals surface area contributed by atoms with Crippen LogP contribution in [0.4, 0.5) is 5.69 Å². The maximum Gasteiger partial charge on any atom is 0.334 e. The second-order valence-electron chi connectivity index (χ2n) is 5.56. The fourth-order valence-corrected chi connectivity index (χ4v) is 4.69. The van der Waals surface area contributed by atoms with Gasteiger partial charge in [0, 0.05) is 23.5 Å². The molecule has 0 heterocycles. The smallest absolute Gasteiger partial charge is 0.334 e. The highest BCUT2D eigenvalue weighted by molar-refractivity contribution is 7.85. The topological polar surface area (TPSA) is 91.1 Å². The van der Waals surface area contributed by atoms with Crippen molar-refractivity contribution in [2.24, 2.45) is 11.8 Å². The number of ether oxygens (including phenoxy) is 1. The summed E-state index contributed by atoms with van der Waals surface area (Å²) < 4.78 is 17.5. The molecule has 0 amide bonds. The summed E-state index contributed by atoms with van der Waals surface area (Å²) in [6.07, 6.45) is 4.80. The van der Waals surface area contributed by atoms with Gasteiger partial charge < -0.3 is 9.94 Å². The molecule has 2 aliphatic carbocycles. The molecule has 0 saturated heterocycles. The van der Waals surface area contributed by atoms with Crippen LogP contribution in [0.5, 0.6) is 0 Å². The number of rotatable bonds is 5. The van der Waals surface area contributed by atoms with Gasteiger partial charge in [0.15, 0.2) is 5.69 Å². The van der Waals surface area contributed by atoms with E-state index < -0.39 is 16.0 Å². The van der Waals surface area contributed by atoms with E-state index in [9.17, 15) is 19.4 Å². The molecule has 23 heavy (non-hydrogen) atoms. The summed E-state index contributed by atoms with van der Waals surface area (Å²) in [7, 11) is -0.194. The minimum atomic E-state index is -1.53. The number of nitrogens with one attached hydrogen (secondary N) is 1. The van der Waals surface area contributed by atoms with E-state index in [4.69, 9.17) is 4.74 Å². The minimum absolute atomic E-state index is 0.0224. The second-order valence-corrected chi connectivity index (χ2v) is 6.97. The molecule has 3 rings (SSSR count). The Hall–Kier alpha value is -1.80. The van der Waals surface area contributed by atoms with E-state index in [1.165, 1.54) is 13.2 Å². The van der Waals surface area contributed by atoms with Crippen LogP contribution in [-0.2, 0) is 20.3 Å². The van der Waals surface area contributed by atoms with Gasteiger partial charge in [-0.05, 0) is 18.1 Å². The lowest BCUT2D eigenvalue weighted by Gasteiger charge is -2.17. The van der Waals surface area contributed by atoms with Crippen LogP contribution in [0.25, 0.3) is 0 Å². The molecule has 1 aromatic carbocycles. The molecule has 7 heteroatoms. The third kappa shape index (κ3) is 2.88. The Labute approximate surface area is 136 Å². The maximum atomic E-state index is 12.7. The van der Waals surface area contributed by atoms with Crippen molar-refractivity contribution in [3.05, 3.63) is 52.8 Å². The van der Waals surface area contributed by atoms with Crippen LogP contribution in [0.1, 0.15) is 6.42 Å². The molecule has 0 aliphatic heterocycles. The van der Waals surface area contributed by atoms with Crippen molar-refractivity contribution >= 4 is 22.5 Å². The molecule has 6 nitrogen and oxygen atoms in total. The molecule has 0 saturated carbocycles. The fraction of sp³-hybridized carbons (Fsp3) is 0.312. The van der Waals surface area contributed by atoms with Gasteiger partial charge in [0.2, 0.25) is 0 Å². The Balaban J connectivity index is 1.91. The number of quaternary nitrogens is 1. The molecular formula is C16H17NO5S. The molecule has 1 aromatic rings. The minimum Gasteiger partial charge on any atom is -0.595 e. The first kappa shape index (κ1) is 16.1. The number of para-hydroxylation sites is 1. The van der Waals surface area contributed by atoms with E-state index in [1.54, 1.807) is 18.2 Å². The molecule has 2 aliphatic rings. The Morgan fingerprint density at radius 2 is 2.09 bits per heavy atom. The van der Waals surface area contributed by atoms with Gasteiger partial charge in [-0.25, -0.2) is 10.0 Å². The first-order valence-electron chi connectivity index (χ1n) is 7.23. The third-order valence-electron chi connectivity index (χ3n) is 4.30. The first-order chi connectivity index (χ1) is 11.0. The highest BCUT2D eigenvalue weighted by Crippen LogP contribution is 2.44. The zero-order valence-corrected chi connectivity index (χ0v) is 13.3. The highest BCUT2D eigenvalue weighted by Gasteiger charge is 2.39. The van der Waals surface area contributed by atoms with Gasteiger partial charge in [0.05, 0.1) is 23.7 Å². The summed E-state index contributed by atoms with van der Waals surface area (Å²) in [6.45, 7) is 0. The highest BCUT2D eigenvalue weighted by atomic mass is 32.2. The fourth-order valence-electron chi connectivity index (χ4n) is 3.25. The summed E-state index contributed by atoms with van der Waals surface area (Å²) in [5, 5.41) is 19.4. The molecule has 4 unspecified atom stereocenters. The normalized spacial score (nSPS) is 24.8. The van der Waals surface area contributed by atoms with Crippen LogP contribution in [-0.4, -0.2) is 28.2 Å². The second kappa shape index (κ2) is 6.37. The summed E-state index contributed by atoms with van der Waals surface area (Å²) in [4.78, 5) is 12.3. The summed E-state index contributed by atoms with van der Waals surface area (Å²) >= 11 is 0. The van der Waals surface area contributed by atoms with Crippen LogP contribution in [0, 0.1) is 17.0 Å². The molecule has 0 aromatic heterocycles. The van der Waals surface area contributed by atoms with Gasteiger partial charge in [-0.15, -0.1) is 0 Å². The van der Waals surface area contributed by atoms with Crippen LogP contribution in [0.2, 0.25) is 0 Å². The number of benzene rings is 1. The van der Waals surface area contributed by atoms with Crippen LogP contribution < -0.4 is 5.23 Å². The van der Waals surface area contributed by atoms with Crippen molar-refractivity contribution in [3.63, 3.8) is 0 Å². The van der Waals surface area contributed by atoms with Crippen molar-refractivity contribution < 1.29 is 24.2 Å².